The highest BCUT2D eigenvalue weighted by Crippen LogP contribution is 2.18. The molecule has 0 radical (unpaired) electrons. The van der Waals surface area contributed by atoms with Gasteiger partial charge in [-0.25, -0.2) is 0 Å². The Kier molecular flexibility index (Phi) is 4.56. The van der Waals surface area contributed by atoms with Crippen LogP contribution in [0.4, 0.5) is 0 Å². The van der Waals surface area contributed by atoms with Crippen molar-refractivity contribution >= 4 is 0 Å². The van der Waals surface area contributed by atoms with Crippen LogP contribution in [0, 0.1) is 18.3 Å². The molecule has 1 aromatic carbocycles. The third-order valence-corrected chi connectivity index (χ3v) is 2.97. The molecule has 2 aromatic rings. The number of aryl methyl sites for hydroxylation is 1. The highest BCUT2D eigenvalue weighted by atomic mass is 16.5. The second-order valence-electron chi connectivity index (χ2n) is 4.35. The topological polar surface area (TPSA) is 55.1 Å². The van der Waals surface area contributed by atoms with Crippen LogP contribution < -0.4 is 9.47 Å². The molecule has 0 amide bonds. The van der Waals surface area contributed by atoms with E-state index in [9.17, 15) is 0 Å². The zero-order chi connectivity index (χ0) is 14.4. The van der Waals surface area contributed by atoms with Gasteiger partial charge in [-0.3, -0.25) is 4.98 Å². The lowest BCUT2D eigenvalue weighted by molar-refractivity contribution is 0.318. The zero-order valence-corrected chi connectivity index (χ0v) is 11.6. The molecule has 0 N–H and O–H groups in total. The number of hydrogen-bond donors (Lipinski definition) is 0. The number of ether oxygens (including phenoxy) is 2. The number of aromatic nitrogens is 1. The number of nitriles is 1. The summed E-state index contributed by atoms with van der Waals surface area (Å²) >= 11 is 0. The number of rotatable bonds is 5. The first-order valence-corrected chi connectivity index (χ1v) is 6.36. The second-order valence-corrected chi connectivity index (χ2v) is 4.35. The molecule has 0 saturated carbocycles. The van der Waals surface area contributed by atoms with E-state index >= 15 is 0 Å². The predicted molar refractivity (Wildman–Crippen MR) is 75.9 cm³/mol. The summed E-state index contributed by atoms with van der Waals surface area (Å²) in [6.45, 7) is 2.53. The van der Waals surface area contributed by atoms with E-state index in [0.29, 0.717) is 24.3 Å². The summed E-state index contributed by atoms with van der Waals surface area (Å²) in [6, 6.07) is 11.7. The van der Waals surface area contributed by atoms with Crippen molar-refractivity contribution in [3.8, 4) is 17.6 Å². The standard InChI is InChI=1S/C16H16N2O2/c1-12-5-3-4-6-15(12)20-8-7-14-9-13(10-17)16(19-2)11-18-14/h3-6,9,11H,7-8H2,1-2H3. The van der Waals surface area contributed by atoms with Crippen LogP contribution in [0.5, 0.6) is 11.5 Å². The molecule has 0 aliphatic rings. The first-order valence-electron chi connectivity index (χ1n) is 6.36. The lowest BCUT2D eigenvalue weighted by Crippen LogP contribution is -2.04. The molecule has 2 rings (SSSR count). The van der Waals surface area contributed by atoms with Gasteiger partial charge >= 0.3 is 0 Å². The Morgan fingerprint density at radius 2 is 2.05 bits per heavy atom. The SMILES string of the molecule is COc1cnc(CCOc2ccccc2C)cc1C#N. The summed E-state index contributed by atoms with van der Waals surface area (Å²) < 4.78 is 10.8. The molecule has 0 spiro atoms. The lowest BCUT2D eigenvalue weighted by atomic mass is 10.2. The van der Waals surface area contributed by atoms with Crippen molar-refractivity contribution in [1.82, 2.24) is 4.98 Å². The molecule has 0 saturated heterocycles. The molecule has 4 nitrogen and oxygen atoms in total. The van der Waals surface area contributed by atoms with E-state index in [2.05, 4.69) is 11.1 Å². The molecule has 4 heteroatoms. The van der Waals surface area contributed by atoms with Crippen molar-refractivity contribution < 1.29 is 9.47 Å². The first-order chi connectivity index (χ1) is 9.74. The Balaban J connectivity index is 1.98. The van der Waals surface area contributed by atoms with E-state index in [1.54, 1.807) is 12.3 Å². The second kappa shape index (κ2) is 6.58. The Labute approximate surface area is 118 Å². The van der Waals surface area contributed by atoms with Gasteiger partial charge in [0.15, 0.2) is 5.75 Å². The molecule has 1 aromatic heterocycles. The van der Waals surface area contributed by atoms with Gasteiger partial charge in [0.05, 0.1) is 25.5 Å². The molecule has 20 heavy (non-hydrogen) atoms. The van der Waals surface area contributed by atoms with Crippen LogP contribution in [0.2, 0.25) is 0 Å². The van der Waals surface area contributed by atoms with Gasteiger partial charge in [-0.05, 0) is 24.6 Å². The number of para-hydroxylation sites is 1. The molecule has 0 unspecified atom stereocenters. The van der Waals surface area contributed by atoms with Gasteiger partial charge in [0, 0.05) is 12.1 Å². The molecule has 0 fully saturated rings. The Morgan fingerprint density at radius 1 is 1.25 bits per heavy atom. The van der Waals surface area contributed by atoms with Crippen LogP contribution in [0.25, 0.3) is 0 Å². The zero-order valence-electron chi connectivity index (χ0n) is 11.6. The Bertz CT molecular complexity index is 633. The van der Waals surface area contributed by atoms with Crippen molar-refractivity contribution in [2.45, 2.75) is 13.3 Å². The smallest absolute Gasteiger partial charge is 0.154 e. The Hall–Kier alpha value is -2.54. The number of hydrogen-bond acceptors (Lipinski definition) is 4. The van der Waals surface area contributed by atoms with Crippen LogP contribution in [0.1, 0.15) is 16.8 Å². The fraction of sp³-hybridized carbons (Fsp3) is 0.250. The summed E-state index contributed by atoms with van der Waals surface area (Å²) in [7, 11) is 1.53. The van der Waals surface area contributed by atoms with Gasteiger partial charge in [-0.2, -0.15) is 5.26 Å². The van der Waals surface area contributed by atoms with E-state index in [0.717, 1.165) is 17.0 Å². The normalized spacial score (nSPS) is 9.85. The van der Waals surface area contributed by atoms with Crippen LogP contribution in [0.15, 0.2) is 36.5 Å². The number of benzene rings is 1. The first kappa shape index (κ1) is 13.9. The van der Waals surface area contributed by atoms with Gasteiger partial charge in [0.2, 0.25) is 0 Å². The number of pyridine rings is 1. The highest BCUT2D eigenvalue weighted by molar-refractivity contribution is 5.42. The third kappa shape index (κ3) is 3.27. The lowest BCUT2D eigenvalue weighted by Gasteiger charge is -2.09. The van der Waals surface area contributed by atoms with E-state index in [1.165, 1.54) is 7.11 Å². The van der Waals surface area contributed by atoms with E-state index in [1.807, 2.05) is 31.2 Å². The molecular formula is C16H16N2O2. The molecule has 0 atom stereocenters. The molecular weight excluding hydrogens is 252 g/mol. The predicted octanol–water partition coefficient (Wildman–Crippen LogP) is 2.89. The fourth-order valence-corrected chi connectivity index (χ4v) is 1.86. The van der Waals surface area contributed by atoms with Crippen LogP contribution in [-0.4, -0.2) is 18.7 Å². The fourth-order valence-electron chi connectivity index (χ4n) is 1.86. The maximum absolute atomic E-state index is 9.02. The molecule has 0 aliphatic heterocycles. The summed E-state index contributed by atoms with van der Waals surface area (Å²) in [5, 5.41) is 9.02. The average Bonchev–Trinajstić information content (AvgIpc) is 2.49. The highest BCUT2D eigenvalue weighted by Gasteiger charge is 2.05. The minimum absolute atomic E-state index is 0.494. The number of methoxy groups -OCH3 is 1. The maximum atomic E-state index is 9.02. The summed E-state index contributed by atoms with van der Waals surface area (Å²) in [4.78, 5) is 4.26. The van der Waals surface area contributed by atoms with Gasteiger partial charge in [0.25, 0.3) is 0 Å². The third-order valence-electron chi connectivity index (χ3n) is 2.97. The van der Waals surface area contributed by atoms with Crippen LogP contribution in [0.3, 0.4) is 0 Å². The minimum Gasteiger partial charge on any atom is -0.494 e. The van der Waals surface area contributed by atoms with E-state index in [-0.39, 0.29) is 0 Å². The monoisotopic (exact) mass is 268 g/mol. The molecule has 1 heterocycles. The summed E-state index contributed by atoms with van der Waals surface area (Å²) in [5.41, 5.74) is 2.41. The number of nitrogens with zero attached hydrogens (tertiary/aromatic N) is 2. The molecule has 102 valence electrons. The van der Waals surface area contributed by atoms with Gasteiger partial charge in [-0.15, -0.1) is 0 Å². The van der Waals surface area contributed by atoms with Crippen molar-refractivity contribution in [3.63, 3.8) is 0 Å². The Morgan fingerprint density at radius 3 is 2.75 bits per heavy atom. The average molecular weight is 268 g/mol. The van der Waals surface area contributed by atoms with Gasteiger partial charge < -0.3 is 9.47 Å². The van der Waals surface area contributed by atoms with Crippen LogP contribution >= 0.6 is 0 Å². The van der Waals surface area contributed by atoms with Crippen molar-refractivity contribution in [2.75, 3.05) is 13.7 Å². The quantitative estimate of drug-likeness (QED) is 0.836. The minimum atomic E-state index is 0.494. The molecule has 0 bridgehead atoms. The van der Waals surface area contributed by atoms with Crippen molar-refractivity contribution in [1.29, 1.82) is 5.26 Å². The largest absolute Gasteiger partial charge is 0.494 e. The van der Waals surface area contributed by atoms with Crippen molar-refractivity contribution in [2.24, 2.45) is 0 Å². The summed E-state index contributed by atoms with van der Waals surface area (Å²) in [6.07, 6.45) is 2.22. The molecule has 0 aliphatic carbocycles. The van der Waals surface area contributed by atoms with E-state index < -0.39 is 0 Å². The van der Waals surface area contributed by atoms with Crippen LogP contribution in [-0.2, 0) is 6.42 Å². The van der Waals surface area contributed by atoms with E-state index in [4.69, 9.17) is 14.7 Å². The maximum Gasteiger partial charge on any atom is 0.154 e. The van der Waals surface area contributed by atoms with Gasteiger partial charge in [-0.1, -0.05) is 18.2 Å². The van der Waals surface area contributed by atoms with Gasteiger partial charge in [0.1, 0.15) is 11.8 Å². The summed E-state index contributed by atoms with van der Waals surface area (Å²) in [5.74, 6) is 1.37. The van der Waals surface area contributed by atoms with Crippen molar-refractivity contribution in [3.05, 3.63) is 53.3 Å².